The highest BCUT2D eigenvalue weighted by molar-refractivity contribution is 7.11. The summed E-state index contributed by atoms with van der Waals surface area (Å²) in [5.41, 5.74) is 17.3. The van der Waals surface area contributed by atoms with Crippen LogP contribution in [0.3, 0.4) is 0 Å². The van der Waals surface area contributed by atoms with Crippen LogP contribution in [0.4, 0.5) is 32.6 Å². The molecule has 9 N–H and O–H groups in total. The molecule has 3 aliphatic rings. The largest absolute Gasteiger partial charge is 0.476 e. The molecule has 3 aliphatic carbocycles. The van der Waals surface area contributed by atoms with Crippen LogP contribution < -0.4 is 47.4 Å². The van der Waals surface area contributed by atoms with E-state index in [0.29, 0.717) is 93.4 Å². The summed E-state index contributed by atoms with van der Waals surface area (Å²) in [5, 5.41) is 10.7. The number of nitrogens with two attached hydrogens (primary N) is 3. The predicted molar refractivity (Wildman–Crippen MR) is 266 cm³/mol. The van der Waals surface area contributed by atoms with Gasteiger partial charge in [-0.2, -0.15) is 13.1 Å². The Morgan fingerprint density at radius 3 is 1.28 bits per heavy atom. The van der Waals surface area contributed by atoms with Crippen LogP contribution in [0.1, 0.15) is 127 Å². The second-order valence-corrected chi connectivity index (χ2v) is 19.2. The SMILES string of the molecule is NC(=O)c1c(OCC2CCCCC2)nsc1Nc1ccccn1.NC(=O)c1c(OCC2CCCCC2)nsc1Nc1ccncn1.NC(=O)c1c(OCC2CCCCC2)nsc1Nc1ncccn1. The minimum absolute atomic E-state index is 0.262. The molecule has 366 valence electrons. The second kappa shape index (κ2) is 26.2. The van der Waals surface area contributed by atoms with Crippen LogP contribution >= 0.6 is 34.6 Å². The molecule has 0 aromatic carbocycles. The van der Waals surface area contributed by atoms with E-state index >= 15 is 0 Å². The fraction of sp³-hybridized carbons (Fsp3) is 0.457. The van der Waals surface area contributed by atoms with E-state index in [1.54, 1.807) is 36.9 Å². The molecule has 9 rings (SSSR count). The number of nitrogens with one attached hydrogen (secondary N) is 3. The van der Waals surface area contributed by atoms with Gasteiger partial charge in [-0.05, 0) is 115 Å². The van der Waals surface area contributed by atoms with Crippen molar-refractivity contribution in [2.75, 3.05) is 35.8 Å². The number of nitrogens with zero attached hydrogens (tertiary/aromatic N) is 8. The Labute approximate surface area is 412 Å². The van der Waals surface area contributed by atoms with E-state index in [2.05, 4.69) is 54.0 Å². The summed E-state index contributed by atoms with van der Waals surface area (Å²) in [4.78, 5) is 55.6. The van der Waals surface area contributed by atoms with Crippen molar-refractivity contribution in [3.8, 4) is 17.6 Å². The summed E-state index contributed by atoms with van der Waals surface area (Å²) in [6.07, 6.45) is 26.3. The van der Waals surface area contributed by atoms with Crippen LogP contribution in [-0.2, 0) is 0 Å². The van der Waals surface area contributed by atoms with E-state index in [1.807, 2.05) is 18.2 Å². The van der Waals surface area contributed by atoms with Crippen molar-refractivity contribution >= 4 is 84.9 Å². The van der Waals surface area contributed by atoms with Gasteiger partial charge in [-0.3, -0.25) is 14.4 Å². The van der Waals surface area contributed by atoms with Crippen LogP contribution in [0.5, 0.6) is 17.6 Å². The Morgan fingerprint density at radius 1 is 0.493 bits per heavy atom. The maximum Gasteiger partial charge on any atom is 0.257 e. The number of pyridine rings is 1. The molecule has 6 aromatic heterocycles. The zero-order valence-corrected chi connectivity index (χ0v) is 40.7. The average Bonchev–Trinajstić information content (AvgIpc) is 4.11. The van der Waals surface area contributed by atoms with E-state index in [1.165, 1.54) is 103 Å². The standard InChI is InChI=1S/C16H20N4O2S.2C15H19N5O2S/c17-14(21)13-15(22-10-11-6-2-1-3-7-11)20-23-16(13)19-12-8-4-5-9-18-12;16-12(21)11-13(22-9-10-5-2-1-3-6-10)20-23-14(11)19-15-17-7-4-8-18-15;16-13(21)12-14(22-8-10-4-2-1-3-5-10)20-23-15(12)19-11-6-7-17-9-18-11/h4-5,8-9,11H,1-3,6-7,10H2,(H2,17,21)(H,18,19);4,7-8,10H,1-3,5-6,9H2,(H2,16,21)(H,17,18,19);6-7,9-10H,1-5,8H2,(H2,16,21)(H,17,18,19). The third-order valence-electron chi connectivity index (χ3n) is 11.8. The van der Waals surface area contributed by atoms with Crippen LogP contribution in [-0.4, -0.2) is 75.6 Å². The number of aromatic nitrogens is 8. The summed E-state index contributed by atoms with van der Waals surface area (Å²) in [6, 6.07) is 8.91. The van der Waals surface area contributed by atoms with Crippen LogP contribution in [0.15, 0.2) is 61.4 Å². The molecule has 6 aromatic rings. The molecule has 3 amide bonds. The highest BCUT2D eigenvalue weighted by Crippen LogP contribution is 2.36. The van der Waals surface area contributed by atoms with Crippen molar-refractivity contribution in [1.82, 2.24) is 38.0 Å². The maximum absolute atomic E-state index is 11.8. The lowest BCUT2D eigenvalue weighted by molar-refractivity contribution is 0.0986. The topological polar surface area (TPSA) is 296 Å². The summed E-state index contributed by atoms with van der Waals surface area (Å²) in [7, 11) is 0. The predicted octanol–water partition coefficient (Wildman–Crippen LogP) is 8.81. The van der Waals surface area contributed by atoms with Gasteiger partial charge in [-0.25, -0.2) is 24.9 Å². The highest BCUT2D eigenvalue weighted by atomic mass is 32.1. The quantitative estimate of drug-likeness (QED) is 0.0468. The van der Waals surface area contributed by atoms with Gasteiger partial charge in [0.25, 0.3) is 17.7 Å². The molecule has 0 saturated heterocycles. The van der Waals surface area contributed by atoms with Gasteiger partial charge in [0.1, 0.15) is 49.7 Å². The molecule has 20 nitrogen and oxygen atoms in total. The lowest BCUT2D eigenvalue weighted by Crippen LogP contribution is -2.18. The van der Waals surface area contributed by atoms with Crippen molar-refractivity contribution in [3.05, 3.63) is 78.1 Å². The third kappa shape index (κ3) is 15.2. The Balaban J connectivity index is 0.000000153. The average molecular weight is 999 g/mol. The number of primary amides is 3. The molecule has 23 heteroatoms. The number of carbonyl (C=O) groups is 3. The minimum atomic E-state index is -0.573. The molecule has 0 unspecified atom stereocenters. The van der Waals surface area contributed by atoms with Crippen LogP contribution in [0, 0.1) is 17.8 Å². The molecule has 3 fully saturated rings. The van der Waals surface area contributed by atoms with E-state index in [9.17, 15) is 14.4 Å². The van der Waals surface area contributed by atoms with Gasteiger partial charge in [0, 0.05) is 24.8 Å². The molecule has 0 aliphatic heterocycles. The number of anilines is 6. The van der Waals surface area contributed by atoms with Crippen molar-refractivity contribution in [2.45, 2.75) is 96.3 Å². The van der Waals surface area contributed by atoms with Gasteiger partial charge in [0.2, 0.25) is 23.6 Å². The first-order valence-corrected chi connectivity index (χ1v) is 25.6. The molecule has 0 radical (unpaired) electrons. The minimum Gasteiger partial charge on any atom is -0.476 e. The fourth-order valence-corrected chi connectivity index (χ4v) is 10.4. The lowest BCUT2D eigenvalue weighted by atomic mass is 9.90. The van der Waals surface area contributed by atoms with Crippen molar-refractivity contribution in [1.29, 1.82) is 0 Å². The molecule has 69 heavy (non-hydrogen) atoms. The summed E-state index contributed by atoms with van der Waals surface area (Å²) in [5.74, 6) is 2.45. The molecule has 3 saturated carbocycles. The molecular weight excluding hydrogens is 941 g/mol. The van der Waals surface area contributed by atoms with E-state index < -0.39 is 17.7 Å². The fourth-order valence-electron chi connectivity index (χ4n) is 8.18. The number of carbonyl (C=O) groups excluding carboxylic acids is 3. The summed E-state index contributed by atoms with van der Waals surface area (Å²) in [6.45, 7) is 1.75. The van der Waals surface area contributed by atoms with Crippen molar-refractivity contribution < 1.29 is 28.6 Å². The Hall–Kier alpha value is -6.59. The third-order valence-corrected chi connectivity index (χ3v) is 14.0. The zero-order valence-electron chi connectivity index (χ0n) is 38.2. The van der Waals surface area contributed by atoms with Crippen molar-refractivity contribution in [3.63, 3.8) is 0 Å². The molecular formula is C46H58N14O6S3. The van der Waals surface area contributed by atoms with Gasteiger partial charge < -0.3 is 47.4 Å². The molecule has 0 atom stereocenters. The second-order valence-electron chi connectivity index (χ2n) is 16.9. The molecule has 0 bridgehead atoms. The normalized spacial score (nSPS) is 15.3. The zero-order chi connectivity index (χ0) is 48.2. The molecule has 0 spiro atoms. The maximum atomic E-state index is 11.8. The van der Waals surface area contributed by atoms with Crippen LogP contribution in [0.25, 0.3) is 0 Å². The Kier molecular flexibility index (Phi) is 19.1. The number of rotatable bonds is 18. The van der Waals surface area contributed by atoms with Gasteiger partial charge >= 0.3 is 0 Å². The lowest BCUT2D eigenvalue weighted by Gasteiger charge is -2.21. The van der Waals surface area contributed by atoms with Crippen LogP contribution in [0.2, 0.25) is 0 Å². The number of ether oxygens (including phenoxy) is 3. The monoisotopic (exact) mass is 998 g/mol. The Bertz CT molecular complexity index is 2240. The van der Waals surface area contributed by atoms with Crippen molar-refractivity contribution in [2.24, 2.45) is 35.0 Å². The number of amides is 3. The first-order valence-electron chi connectivity index (χ1n) is 23.2. The molecule has 6 heterocycles. The summed E-state index contributed by atoms with van der Waals surface area (Å²) >= 11 is 3.42. The van der Waals surface area contributed by atoms with Gasteiger partial charge in [-0.15, -0.1) is 0 Å². The van der Waals surface area contributed by atoms with E-state index in [4.69, 9.17) is 31.4 Å². The van der Waals surface area contributed by atoms with Gasteiger partial charge in [0.05, 0.1) is 19.8 Å². The first kappa shape index (κ1) is 50.3. The smallest absolute Gasteiger partial charge is 0.257 e. The number of hydrogen-bond acceptors (Lipinski definition) is 20. The number of hydrogen-bond donors (Lipinski definition) is 6. The first-order chi connectivity index (χ1) is 33.7. The van der Waals surface area contributed by atoms with E-state index in [-0.39, 0.29) is 11.1 Å². The van der Waals surface area contributed by atoms with E-state index in [0.717, 1.165) is 34.6 Å². The Morgan fingerprint density at radius 2 is 0.899 bits per heavy atom. The summed E-state index contributed by atoms with van der Waals surface area (Å²) < 4.78 is 30.0. The van der Waals surface area contributed by atoms with Gasteiger partial charge in [0.15, 0.2) is 0 Å². The van der Waals surface area contributed by atoms with Gasteiger partial charge in [-0.1, -0.05) is 63.9 Å². The highest BCUT2D eigenvalue weighted by Gasteiger charge is 2.26.